The molecule has 0 atom stereocenters. The van der Waals surface area contributed by atoms with Crippen molar-refractivity contribution in [1.82, 2.24) is 10.3 Å². The molecule has 0 spiro atoms. The summed E-state index contributed by atoms with van der Waals surface area (Å²) in [5.41, 5.74) is 0.790. The molecule has 0 saturated heterocycles. The van der Waals surface area contributed by atoms with E-state index < -0.39 is 0 Å². The minimum Gasteiger partial charge on any atom is -0.396 e. The zero-order chi connectivity index (χ0) is 12.3. The van der Waals surface area contributed by atoms with Crippen molar-refractivity contribution in [2.45, 2.75) is 12.8 Å². The van der Waals surface area contributed by atoms with Crippen molar-refractivity contribution in [1.29, 1.82) is 0 Å². The zero-order valence-electron chi connectivity index (χ0n) is 9.76. The van der Waals surface area contributed by atoms with E-state index in [2.05, 4.69) is 10.3 Å². The molecule has 5 heteroatoms. The Hall–Kier alpha value is -1.07. The highest BCUT2D eigenvalue weighted by Crippen LogP contribution is 2.00. The lowest BCUT2D eigenvalue weighted by atomic mass is 10.2. The number of amides is 1. The summed E-state index contributed by atoms with van der Waals surface area (Å²) in [4.78, 5) is 15.6. The van der Waals surface area contributed by atoms with Gasteiger partial charge >= 0.3 is 0 Å². The number of carbonyl (C=O) groups is 1. The van der Waals surface area contributed by atoms with Gasteiger partial charge in [-0.2, -0.15) is 11.8 Å². The van der Waals surface area contributed by atoms with Crippen LogP contribution in [0.1, 0.15) is 12.1 Å². The van der Waals surface area contributed by atoms with E-state index >= 15 is 0 Å². The van der Waals surface area contributed by atoms with Crippen molar-refractivity contribution >= 4 is 17.7 Å². The number of pyridine rings is 1. The second-order valence-electron chi connectivity index (χ2n) is 3.54. The summed E-state index contributed by atoms with van der Waals surface area (Å²) in [5.74, 6) is 1.83. The Morgan fingerprint density at radius 1 is 1.41 bits per heavy atom. The number of nitrogens with zero attached hydrogens (tertiary/aromatic N) is 1. The zero-order valence-corrected chi connectivity index (χ0v) is 10.6. The van der Waals surface area contributed by atoms with Gasteiger partial charge in [0.1, 0.15) is 0 Å². The molecule has 0 radical (unpaired) electrons. The van der Waals surface area contributed by atoms with E-state index in [0.717, 1.165) is 23.6 Å². The van der Waals surface area contributed by atoms with Crippen LogP contribution in [0, 0.1) is 0 Å². The number of aromatic nitrogens is 1. The molecule has 94 valence electrons. The first-order valence-electron chi connectivity index (χ1n) is 5.68. The molecule has 1 aromatic heterocycles. The molecule has 0 bridgehead atoms. The number of aliphatic hydroxyl groups is 1. The lowest BCUT2D eigenvalue weighted by Gasteiger charge is -2.04. The molecule has 17 heavy (non-hydrogen) atoms. The van der Waals surface area contributed by atoms with Gasteiger partial charge in [-0.05, 0) is 24.3 Å². The van der Waals surface area contributed by atoms with Gasteiger partial charge in [0, 0.05) is 30.8 Å². The number of thioether (sulfide) groups is 1. The van der Waals surface area contributed by atoms with E-state index in [4.69, 9.17) is 5.11 Å². The Morgan fingerprint density at radius 3 is 3.00 bits per heavy atom. The molecule has 1 aromatic rings. The third-order valence-electron chi connectivity index (χ3n) is 2.08. The summed E-state index contributed by atoms with van der Waals surface area (Å²) >= 11 is 1.74. The van der Waals surface area contributed by atoms with Crippen LogP contribution < -0.4 is 5.32 Å². The molecule has 0 aliphatic rings. The predicted octanol–water partition coefficient (Wildman–Crippen LogP) is 0.856. The Bertz CT molecular complexity index is 320. The largest absolute Gasteiger partial charge is 0.396 e. The van der Waals surface area contributed by atoms with Crippen LogP contribution in [-0.4, -0.2) is 40.7 Å². The van der Waals surface area contributed by atoms with Gasteiger partial charge in [0.05, 0.1) is 6.42 Å². The summed E-state index contributed by atoms with van der Waals surface area (Å²) in [5, 5.41) is 11.4. The maximum Gasteiger partial charge on any atom is 0.226 e. The average molecular weight is 254 g/mol. The average Bonchev–Trinajstić information content (AvgIpc) is 2.35. The third-order valence-corrected chi connectivity index (χ3v) is 3.15. The SMILES string of the molecule is O=C(Cc1ccccn1)NCCSCCCO. The summed E-state index contributed by atoms with van der Waals surface area (Å²) in [6, 6.07) is 5.55. The van der Waals surface area contributed by atoms with Crippen molar-refractivity contribution in [3.63, 3.8) is 0 Å². The van der Waals surface area contributed by atoms with Crippen LogP contribution in [0.3, 0.4) is 0 Å². The molecular formula is C12H18N2O2S. The van der Waals surface area contributed by atoms with Gasteiger partial charge in [-0.15, -0.1) is 0 Å². The van der Waals surface area contributed by atoms with E-state index in [9.17, 15) is 4.79 Å². The van der Waals surface area contributed by atoms with Crippen LogP contribution in [-0.2, 0) is 11.2 Å². The summed E-state index contributed by atoms with van der Waals surface area (Å²) in [7, 11) is 0. The lowest BCUT2D eigenvalue weighted by Crippen LogP contribution is -2.27. The fourth-order valence-electron chi connectivity index (χ4n) is 1.26. The van der Waals surface area contributed by atoms with Crippen LogP contribution in [0.25, 0.3) is 0 Å². The van der Waals surface area contributed by atoms with Crippen molar-refractivity contribution in [2.75, 3.05) is 24.7 Å². The van der Waals surface area contributed by atoms with E-state index in [0.29, 0.717) is 13.0 Å². The first-order chi connectivity index (χ1) is 8.33. The first kappa shape index (κ1) is 14.0. The Labute approximate surface area is 106 Å². The summed E-state index contributed by atoms with van der Waals surface area (Å²) < 4.78 is 0. The van der Waals surface area contributed by atoms with Gasteiger partial charge in [-0.3, -0.25) is 9.78 Å². The van der Waals surface area contributed by atoms with Gasteiger partial charge in [-0.1, -0.05) is 6.07 Å². The number of nitrogens with one attached hydrogen (secondary N) is 1. The van der Waals surface area contributed by atoms with Crippen LogP contribution in [0.4, 0.5) is 0 Å². The fourth-order valence-corrected chi connectivity index (χ4v) is 2.04. The minimum absolute atomic E-state index is 0.00598. The normalized spacial score (nSPS) is 10.2. The van der Waals surface area contributed by atoms with Gasteiger partial charge in [-0.25, -0.2) is 0 Å². The molecule has 1 amide bonds. The van der Waals surface area contributed by atoms with E-state index in [1.165, 1.54) is 0 Å². The van der Waals surface area contributed by atoms with Gasteiger partial charge in [0.15, 0.2) is 0 Å². The Kier molecular flexibility index (Phi) is 7.42. The minimum atomic E-state index is 0.00598. The highest BCUT2D eigenvalue weighted by molar-refractivity contribution is 7.99. The lowest BCUT2D eigenvalue weighted by molar-refractivity contribution is -0.120. The standard InChI is InChI=1S/C12H18N2O2S/c15-7-3-8-17-9-6-14-12(16)10-11-4-1-2-5-13-11/h1-2,4-5,15H,3,6-10H2,(H,14,16). The summed E-state index contributed by atoms with van der Waals surface area (Å²) in [6.07, 6.45) is 2.84. The molecule has 4 nitrogen and oxygen atoms in total. The first-order valence-corrected chi connectivity index (χ1v) is 6.83. The molecule has 2 N–H and O–H groups in total. The number of carbonyl (C=O) groups excluding carboxylic acids is 1. The van der Waals surface area contributed by atoms with E-state index in [1.807, 2.05) is 18.2 Å². The quantitative estimate of drug-likeness (QED) is 0.675. The maximum absolute atomic E-state index is 11.5. The third kappa shape index (κ3) is 6.97. The Balaban J connectivity index is 2.06. The van der Waals surface area contributed by atoms with Crippen molar-refractivity contribution in [3.05, 3.63) is 30.1 Å². The molecule has 0 aliphatic carbocycles. The topological polar surface area (TPSA) is 62.2 Å². The van der Waals surface area contributed by atoms with Crippen LogP contribution in [0.5, 0.6) is 0 Å². The monoisotopic (exact) mass is 254 g/mol. The fraction of sp³-hybridized carbons (Fsp3) is 0.500. The van der Waals surface area contributed by atoms with Crippen molar-refractivity contribution in [3.8, 4) is 0 Å². The van der Waals surface area contributed by atoms with Crippen LogP contribution in [0.2, 0.25) is 0 Å². The van der Waals surface area contributed by atoms with Crippen molar-refractivity contribution in [2.24, 2.45) is 0 Å². The molecule has 0 saturated carbocycles. The number of rotatable bonds is 8. The van der Waals surface area contributed by atoms with Crippen molar-refractivity contribution < 1.29 is 9.90 Å². The molecular weight excluding hydrogens is 236 g/mol. The Morgan fingerprint density at radius 2 is 2.29 bits per heavy atom. The summed E-state index contributed by atoms with van der Waals surface area (Å²) in [6.45, 7) is 0.904. The second-order valence-corrected chi connectivity index (χ2v) is 4.76. The smallest absolute Gasteiger partial charge is 0.226 e. The van der Waals surface area contributed by atoms with E-state index in [1.54, 1.807) is 18.0 Å². The molecule has 1 heterocycles. The van der Waals surface area contributed by atoms with Crippen LogP contribution >= 0.6 is 11.8 Å². The second kappa shape index (κ2) is 9.01. The molecule has 0 aliphatic heterocycles. The van der Waals surface area contributed by atoms with Gasteiger partial charge in [0.25, 0.3) is 0 Å². The number of aliphatic hydroxyl groups excluding tert-OH is 1. The van der Waals surface area contributed by atoms with E-state index in [-0.39, 0.29) is 12.5 Å². The molecule has 0 unspecified atom stereocenters. The van der Waals surface area contributed by atoms with Crippen LogP contribution in [0.15, 0.2) is 24.4 Å². The molecule has 1 rings (SSSR count). The molecule has 0 fully saturated rings. The highest BCUT2D eigenvalue weighted by Gasteiger charge is 2.02. The maximum atomic E-state index is 11.5. The number of hydrogen-bond donors (Lipinski definition) is 2. The molecule has 0 aromatic carbocycles. The van der Waals surface area contributed by atoms with Gasteiger partial charge < -0.3 is 10.4 Å². The number of hydrogen-bond acceptors (Lipinski definition) is 4. The van der Waals surface area contributed by atoms with Gasteiger partial charge in [0.2, 0.25) is 5.91 Å². The predicted molar refractivity (Wildman–Crippen MR) is 70.0 cm³/mol. The highest BCUT2D eigenvalue weighted by atomic mass is 32.2.